The third-order valence-electron chi connectivity index (χ3n) is 1.07. The molecule has 0 unspecified atom stereocenters. The van der Waals surface area contributed by atoms with Gasteiger partial charge < -0.3 is 15.2 Å². The third kappa shape index (κ3) is 1.09. The smallest absolute Gasteiger partial charge is 0.238 e. The zero-order chi connectivity index (χ0) is 7.72. The summed E-state index contributed by atoms with van der Waals surface area (Å²) in [5.74, 6) is 1.02. The van der Waals surface area contributed by atoms with Crippen LogP contribution in [0.5, 0.6) is 0 Å². The van der Waals surface area contributed by atoms with Crippen LogP contribution in [0.4, 0.5) is 11.7 Å². The van der Waals surface area contributed by atoms with Crippen molar-refractivity contribution in [3.05, 3.63) is 4.47 Å². The highest BCUT2D eigenvalue weighted by molar-refractivity contribution is 9.10. The number of hydrogen-bond acceptors (Lipinski definition) is 4. The van der Waals surface area contributed by atoms with Gasteiger partial charge in [-0.3, -0.25) is 0 Å². The van der Waals surface area contributed by atoms with Crippen LogP contribution in [0.2, 0.25) is 0 Å². The second-order valence-electron chi connectivity index (χ2n) is 2.08. The van der Waals surface area contributed by atoms with Crippen molar-refractivity contribution in [1.29, 1.82) is 0 Å². The van der Waals surface area contributed by atoms with E-state index in [1.165, 1.54) is 0 Å². The highest BCUT2D eigenvalue weighted by atomic mass is 79.9. The van der Waals surface area contributed by atoms with Crippen molar-refractivity contribution in [3.63, 3.8) is 0 Å². The number of hydrogen-bond donors (Lipinski definition) is 1. The van der Waals surface area contributed by atoms with Gasteiger partial charge in [-0.05, 0) is 15.9 Å². The lowest BCUT2D eigenvalue weighted by Crippen LogP contribution is -2.09. The van der Waals surface area contributed by atoms with E-state index in [9.17, 15) is 0 Å². The van der Waals surface area contributed by atoms with Gasteiger partial charge in [0.25, 0.3) is 0 Å². The van der Waals surface area contributed by atoms with Crippen molar-refractivity contribution < 1.29 is 4.52 Å². The molecule has 5 heteroatoms. The maximum atomic E-state index is 5.38. The Morgan fingerprint density at radius 3 is 2.40 bits per heavy atom. The minimum atomic E-state index is 0.309. The predicted molar refractivity (Wildman–Crippen MR) is 42.9 cm³/mol. The van der Waals surface area contributed by atoms with E-state index in [0.29, 0.717) is 16.2 Å². The zero-order valence-corrected chi connectivity index (χ0v) is 7.34. The summed E-state index contributed by atoms with van der Waals surface area (Å²) in [7, 11) is 3.73. The van der Waals surface area contributed by atoms with Crippen molar-refractivity contribution >= 4 is 27.6 Å². The molecule has 0 aliphatic carbocycles. The Morgan fingerprint density at radius 1 is 1.60 bits per heavy atom. The van der Waals surface area contributed by atoms with Crippen molar-refractivity contribution in [1.82, 2.24) is 5.16 Å². The normalized spacial score (nSPS) is 9.90. The predicted octanol–water partition coefficient (Wildman–Crippen LogP) is 1.09. The third-order valence-corrected chi connectivity index (χ3v) is 1.81. The van der Waals surface area contributed by atoms with Gasteiger partial charge in [-0.15, -0.1) is 0 Å². The maximum absolute atomic E-state index is 5.38. The average Bonchev–Trinajstić information content (AvgIpc) is 2.14. The maximum Gasteiger partial charge on any atom is 0.238 e. The number of halogens is 1. The number of nitrogens with zero attached hydrogens (tertiary/aromatic N) is 2. The lowest BCUT2D eigenvalue weighted by Gasteiger charge is -2.05. The molecule has 0 bridgehead atoms. The molecule has 0 amide bonds. The van der Waals surface area contributed by atoms with Gasteiger partial charge in [0.05, 0.1) is 0 Å². The minimum Gasteiger partial charge on any atom is -0.367 e. The number of rotatable bonds is 1. The number of aromatic nitrogens is 1. The van der Waals surface area contributed by atoms with E-state index in [1.807, 2.05) is 19.0 Å². The van der Waals surface area contributed by atoms with Crippen LogP contribution in [0.15, 0.2) is 9.00 Å². The van der Waals surface area contributed by atoms with Crippen LogP contribution in [0.25, 0.3) is 0 Å². The van der Waals surface area contributed by atoms with E-state index in [0.717, 1.165) is 0 Å². The summed E-state index contributed by atoms with van der Waals surface area (Å²) in [5, 5.41) is 3.69. The fourth-order valence-electron chi connectivity index (χ4n) is 0.561. The molecule has 1 rings (SSSR count). The quantitative estimate of drug-likeness (QED) is 0.746. The highest BCUT2D eigenvalue weighted by Crippen LogP contribution is 2.28. The monoisotopic (exact) mass is 205 g/mol. The molecule has 1 heterocycles. The molecular weight excluding hydrogens is 198 g/mol. The van der Waals surface area contributed by atoms with Crippen molar-refractivity contribution in [2.75, 3.05) is 24.7 Å². The molecule has 0 saturated heterocycles. The van der Waals surface area contributed by atoms with Gasteiger partial charge in [-0.2, -0.15) is 0 Å². The van der Waals surface area contributed by atoms with Gasteiger partial charge in [0.1, 0.15) is 4.47 Å². The van der Waals surface area contributed by atoms with Gasteiger partial charge in [0, 0.05) is 14.1 Å². The molecule has 0 aliphatic heterocycles. The van der Waals surface area contributed by atoms with E-state index >= 15 is 0 Å². The Balaban J connectivity index is 3.05. The van der Waals surface area contributed by atoms with E-state index < -0.39 is 0 Å². The average molecular weight is 206 g/mol. The lowest BCUT2D eigenvalue weighted by molar-refractivity contribution is 0.437. The number of anilines is 2. The van der Waals surface area contributed by atoms with E-state index in [-0.39, 0.29) is 0 Å². The summed E-state index contributed by atoms with van der Waals surface area (Å²) in [6.07, 6.45) is 0. The molecule has 2 N–H and O–H groups in total. The molecule has 0 saturated carbocycles. The first kappa shape index (κ1) is 7.40. The van der Waals surface area contributed by atoms with Crippen LogP contribution in [0.1, 0.15) is 0 Å². The van der Waals surface area contributed by atoms with Crippen LogP contribution in [-0.2, 0) is 0 Å². The largest absolute Gasteiger partial charge is 0.367 e. The Kier molecular flexibility index (Phi) is 1.85. The lowest BCUT2D eigenvalue weighted by atomic mass is 10.6. The molecule has 1 aromatic heterocycles. The summed E-state index contributed by atoms with van der Waals surface area (Å²) in [6.45, 7) is 0. The van der Waals surface area contributed by atoms with Crippen molar-refractivity contribution in [3.8, 4) is 0 Å². The Bertz CT molecular complexity index is 233. The Labute approximate surface area is 67.1 Å². The fourth-order valence-corrected chi connectivity index (χ4v) is 1.06. The molecule has 1 aromatic rings. The Morgan fingerprint density at radius 2 is 2.20 bits per heavy atom. The van der Waals surface area contributed by atoms with E-state index in [2.05, 4.69) is 21.1 Å². The van der Waals surface area contributed by atoms with Crippen LogP contribution in [0.3, 0.4) is 0 Å². The van der Waals surface area contributed by atoms with Gasteiger partial charge in [-0.1, -0.05) is 5.16 Å². The van der Waals surface area contributed by atoms with Gasteiger partial charge in [-0.25, -0.2) is 0 Å². The van der Waals surface area contributed by atoms with Crippen molar-refractivity contribution in [2.45, 2.75) is 0 Å². The standard InChI is InChI=1S/C5H8BrN3O/c1-9(2)5-3(6)4(7)10-8-5/h7H2,1-2H3. The van der Waals surface area contributed by atoms with Gasteiger partial charge in [0.15, 0.2) is 5.82 Å². The summed E-state index contributed by atoms with van der Waals surface area (Å²) in [4.78, 5) is 1.81. The molecule has 0 spiro atoms. The summed E-state index contributed by atoms with van der Waals surface area (Å²) < 4.78 is 5.40. The van der Waals surface area contributed by atoms with E-state index in [4.69, 9.17) is 10.3 Å². The molecule has 4 nitrogen and oxygen atoms in total. The summed E-state index contributed by atoms with van der Waals surface area (Å²) in [6, 6.07) is 0. The highest BCUT2D eigenvalue weighted by Gasteiger charge is 2.10. The first-order chi connectivity index (χ1) is 4.63. The summed E-state index contributed by atoms with van der Waals surface area (Å²) in [5.41, 5.74) is 5.38. The molecule has 56 valence electrons. The van der Waals surface area contributed by atoms with Gasteiger partial charge >= 0.3 is 0 Å². The molecule has 0 aliphatic rings. The van der Waals surface area contributed by atoms with Crippen LogP contribution in [-0.4, -0.2) is 19.3 Å². The van der Waals surface area contributed by atoms with E-state index in [1.54, 1.807) is 0 Å². The van der Waals surface area contributed by atoms with Crippen LogP contribution >= 0.6 is 15.9 Å². The fraction of sp³-hybridized carbons (Fsp3) is 0.400. The zero-order valence-electron chi connectivity index (χ0n) is 5.76. The molecule has 0 aromatic carbocycles. The topological polar surface area (TPSA) is 55.3 Å². The molecule has 10 heavy (non-hydrogen) atoms. The molecule has 0 atom stereocenters. The van der Waals surface area contributed by atoms with Crippen LogP contribution < -0.4 is 10.6 Å². The first-order valence-electron chi connectivity index (χ1n) is 2.71. The summed E-state index contributed by atoms with van der Waals surface area (Å²) >= 11 is 3.23. The molecular formula is C5H8BrN3O. The van der Waals surface area contributed by atoms with Crippen LogP contribution in [0, 0.1) is 0 Å². The number of nitrogens with two attached hydrogens (primary N) is 1. The molecule has 0 fully saturated rings. The molecule has 0 radical (unpaired) electrons. The second kappa shape index (κ2) is 2.49. The SMILES string of the molecule is CN(C)c1noc(N)c1Br. The minimum absolute atomic E-state index is 0.309. The first-order valence-corrected chi connectivity index (χ1v) is 3.50. The second-order valence-corrected chi connectivity index (χ2v) is 2.87. The Hall–Kier alpha value is -0.710. The number of nitrogen functional groups attached to an aromatic ring is 1. The van der Waals surface area contributed by atoms with Gasteiger partial charge in [0.2, 0.25) is 5.88 Å². The van der Waals surface area contributed by atoms with Crippen molar-refractivity contribution in [2.24, 2.45) is 0 Å².